The van der Waals surface area contributed by atoms with Gasteiger partial charge < -0.3 is 25.7 Å². The number of amides is 1. The molecule has 0 radical (unpaired) electrons. The lowest BCUT2D eigenvalue weighted by molar-refractivity contribution is -0.124. The van der Waals surface area contributed by atoms with E-state index in [9.17, 15) is 4.79 Å². The lowest BCUT2D eigenvalue weighted by atomic mass is 10.2. The number of H-pyrrole nitrogens is 1. The second-order valence-corrected chi connectivity index (χ2v) is 6.60. The van der Waals surface area contributed by atoms with Crippen LogP contribution >= 0.6 is 15.9 Å². The first kappa shape index (κ1) is 16.2. The molecule has 1 fully saturated rings. The van der Waals surface area contributed by atoms with E-state index in [1.807, 2.05) is 0 Å². The van der Waals surface area contributed by atoms with Gasteiger partial charge in [0.15, 0.2) is 0 Å². The van der Waals surface area contributed by atoms with E-state index in [4.69, 9.17) is 10.5 Å². The third kappa shape index (κ3) is 3.06. The molecule has 2 aromatic rings. The maximum atomic E-state index is 12.1. The van der Waals surface area contributed by atoms with Gasteiger partial charge in [0.25, 0.3) is 5.91 Å². The fourth-order valence-electron chi connectivity index (χ4n) is 2.80. The molecule has 0 aromatic carbocycles. The molecule has 1 aliphatic rings. The molecule has 1 saturated heterocycles. The van der Waals surface area contributed by atoms with Crippen molar-refractivity contribution in [3.05, 3.63) is 16.9 Å². The Morgan fingerprint density at radius 1 is 1.65 bits per heavy atom. The van der Waals surface area contributed by atoms with Crippen molar-refractivity contribution in [3.63, 3.8) is 0 Å². The van der Waals surface area contributed by atoms with Gasteiger partial charge in [-0.05, 0) is 29.3 Å². The second kappa shape index (κ2) is 6.46. The normalized spacial score (nSPS) is 19.3. The van der Waals surface area contributed by atoms with Crippen LogP contribution in [0.2, 0.25) is 0 Å². The average Bonchev–Trinajstić information content (AvgIpc) is 3.13. The zero-order chi connectivity index (χ0) is 16.6. The average molecular weight is 382 g/mol. The van der Waals surface area contributed by atoms with Gasteiger partial charge in [0.05, 0.1) is 21.2 Å². The Labute approximate surface area is 142 Å². The number of nitrogens with zero attached hydrogens (tertiary/aromatic N) is 2. The summed E-state index contributed by atoms with van der Waals surface area (Å²) in [4.78, 5) is 21.9. The van der Waals surface area contributed by atoms with Crippen LogP contribution in [0.3, 0.4) is 0 Å². The molecule has 0 spiro atoms. The minimum absolute atomic E-state index is 0.163. The zero-order valence-corrected chi connectivity index (χ0v) is 14.7. The molecule has 124 valence electrons. The van der Waals surface area contributed by atoms with Crippen LogP contribution in [0.1, 0.15) is 13.3 Å². The van der Waals surface area contributed by atoms with Crippen molar-refractivity contribution in [2.45, 2.75) is 25.5 Å². The summed E-state index contributed by atoms with van der Waals surface area (Å²) >= 11 is 3.58. The molecule has 1 amide bonds. The Morgan fingerprint density at radius 3 is 3.09 bits per heavy atom. The van der Waals surface area contributed by atoms with Crippen LogP contribution in [0.5, 0.6) is 0 Å². The molecule has 0 saturated carbocycles. The number of ether oxygens (including phenoxy) is 1. The van der Waals surface area contributed by atoms with Crippen LogP contribution in [-0.4, -0.2) is 48.2 Å². The summed E-state index contributed by atoms with van der Waals surface area (Å²) in [7, 11) is 1.51. The third-order valence-corrected chi connectivity index (χ3v) is 4.73. The smallest absolute Gasteiger partial charge is 0.253 e. The number of aromatic amines is 1. The van der Waals surface area contributed by atoms with Crippen molar-refractivity contribution in [1.82, 2.24) is 9.97 Å². The highest BCUT2D eigenvalue weighted by Gasteiger charge is 2.25. The lowest BCUT2D eigenvalue weighted by Gasteiger charge is -2.21. The first-order chi connectivity index (χ1) is 11.0. The summed E-state index contributed by atoms with van der Waals surface area (Å²) < 4.78 is 5.95. The van der Waals surface area contributed by atoms with Crippen molar-refractivity contribution in [2.24, 2.45) is 5.73 Å². The third-order valence-electron chi connectivity index (χ3n) is 4.15. The molecule has 0 unspecified atom stereocenters. The van der Waals surface area contributed by atoms with Gasteiger partial charge in [-0.15, -0.1) is 0 Å². The number of fused-ring (bicyclic) bond motifs is 1. The van der Waals surface area contributed by atoms with Gasteiger partial charge in [0.2, 0.25) is 0 Å². The number of hydrogen-bond acceptors (Lipinski definition) is 5. The summed E-state index contributed by atoms with van der Waals surface area (Å²) in [5.41, 5.74) is 8.46. The summed E-state index contributed by atoms with van der Waals surface area (Å²) in [6.07, 6.45) is 3.94. The quantitative estimate of drug-likeness (QED) is 0.750. The van der Waals surface area contributed by atoms with E-state index in [0.717, 1.165) is 40.7 Å². The van der Waals surface area contributed by atoms with Gasteiger partial charge in [-0.3, -0.25) is 4.79 Å². The number of halogens is 1. The Morgan fingerprint density at radius 2 is 2.43 bits per heavy atom. The second-order valence-electron chi connectivity index (χ2n) is 5.74. The predicted octanol–water partition coefficient (Wildman–Crippen LogP) is 1.84. The highest BCUT2D eigenvalue weighted by Crippen LogP contribution is 2.39. The number of methoxy groups -OCH3 is 1. The van der Waals surface area contributed by atoms with Crippen molar-refractivity contribution in [1.29, 1.82) is 0 Å². The molecule has 0 aliphatic carbocycles. The molecular formula is C15H20BrN5O2. The summed E-state index contributed by atoms with van der Waals surface area (Å²) in [5.74, 6) is -0.197. The van der Waals surface area contributed by atoms with Crippen molar-refractivity contribution < 1.29 is 9.53 Å². The number of aromatic nitrogens is 2. The number of pyridine rings is 1. The van der Waals surface area contributed by atoms with E-state index in [-0.39, 0.29) is 11.9 Å². The van der Waals surface area contributed by atoms with Crippen LogP contribution in [0, 0.1) is 0 Å². The van der Waals surface area contributed by atoms with E-state index < -0.39 is 6.10 Å². The number of nitrogens with one attached hydrogen (secondary N) is 2. The van der Waals surface area contributed by atoms with E-state index in [1.165, 1.54) is 7.11 Å². The molecule has 3 heterocycles. The van der Waals surface area contributed by atoms with Gasteiger partial charge in [0, 0.05) is 38.6 Å². The molecule has 23 heavy (non-hydrogen) atoms. The Kier molecular flexibility index (Phi) is 4.56. The van der Waals surface area contributed by atoms with Gasteiger partial charge in [0.1, 0.15) is 11.8 Å². The predicted molar refractivity (Wildman–Crippen MR) is 93.7 cm³/mol. The summed E-state index contributed by atoms with van der Waals surface area (Å²) in [6.45, 7) is 3.37. The van der Waals surface area contributed by atoms with Crippen molar-refractivity contribution in [2.75, 3.05) is 30.4 Å². The first-order valence-corrected chi connectivity index (χ1v) is 8.30. The fourth-order valence-corrected chi connectivity index (χ4v) is 3.35. The SMILES string of the molecule is CO[C@H](C)C(=O)Nc1c[nH]c2ncc(Br)c(N3CC[C@@H](N)C3)c12. The summed E-state index contributed by atoms with van der Waals surface area (Å²) in [5, 5.41) is 3.78. The number of nitrogens with two attached hydrogens (primary N) is 1. The van der Waals surface area contributed by atoms with Crippen LogP contribution in [0.15, 0.2) is 16.9 Å². The van der Waals surface area contributed by atoms with Gasteiger partial charge in [-0.2, -0.15) is 0 Å². The minimum Gasteiger partial charge on any atom is -0.372 e. The first-order valence-electron chi connectivity index (χ1n) is 7.51. The van der Waals surface area contributed by atoms with Crippen LogP contribution in [0.25, 0.3) is 11.0 Å². The molecule has 2 aromatic heterocycles. The number of carbonyl (C=O) groups excluding carboxylic acids is 1. The fraction of sp³-hybridized carbons (Fsp3) is 0.467. The number of anilines is 2. The molecule has 4 N–H and O–H groups in total. The molecule has 2 atom stereocenters. The largest absolute Gasteiger partial charge is 0.372 e. The number of carbonyl (C=O) groups is 1. The lowest BCUT2D eigenvalue weighted by Crippen LogP contribution is -2.28. The van der Waals surface area contributed by atoms with Crippen LogP contribution in [-0.2, 0) is 9.53 Å². The number of rotatable bonds is 4. The van der Waals surface area contributed by atoms with Crippen LogP contribution < -0.4 is 16.0 Å². The molecular weight excluding hydrogens is 362 g/mol. The summed E-state index contributed by atoms with van der Waals surface area (Å²) in [6, 6.07) is 0.163. The van der Waals surface area contributed by atoms with Gasteiger partial charge in [-0.1, -0.05) is 0 Å². The Balaban J connectivity index is 2.03. The van der Waals surface area contributed by atoms with Gasteiger partial charge >= 0.3 is 0 Å². The van der Waals surface area contributed by atoms with Crippen molar-refractivity contribution in [3.8, 4) is 0 Å². The van der Waals surface area contributed by atoms with Crippen molar-refractivity contribution >= 4 is 44.2 Å². The number of hydrogen-bond donors (Lipinski definition) is 3. The molecule has 7 nitrogen and oxygen atoms in total. The van der Waals surface area contributed by atoms with E-state index in [0.29, 0.717) is 5.69 Å². The van der Waals surface area contributed by atoms with Gasteiger partial charge in [-0.25, -0.2) is 4.98 Å². The Bertz CT molecular complexity index is 732. The molecule has 0 bridgehead atoms. The minimum atomic E-state index is -0.524. The monoisotopic (exact) mass is 381 g/mol. The van der Waals surface area contributed by atoms with E-state index >= 15 is 0 Å². The zero-order valence-electron chi connectivity index (χ0n) is 13.1. The van der Waals surface area contributed by atoms with E-state index in [2.05, 4.69) is 36.1 Å². The maximum Gasteiger partial charge on any atom is 0.253 e. The van der Waals surface area contributed by atoms with Crippen LogP contribution in [0.4, 0.5) is 11.4 Å². The highest BCUT2D eigenvalue weighted by atomic mass is 79.9. The topological polar surface area (TPSA) is 96.3 Å². The van der Waals surface area contributed by atoms with E-state index in [1.54, 1.807) is 19.3 Å². The Hall–Kier alpha value is -1.64. The standard InChI is InChI=1S/C15H20BrN5O2/c1-8(23-2)15(22)20-11-6-19-14-12(11)13(10(16)5-18-14)21-4-3-9(17)7-21/h5-6,8-9H,3-4,7,17H2,1-2H3,(H,18,19)(H,20,22)/t8-,9-/m1/s1. The molecule has 1 aliphatic heterocycles. The highest BCUT2D eigenvalue weighted by molar-refractivity contribution is 9.10. The maximum absolute atomic E-state index is 12.1. The molecule has 3 rings (SSSR count). The molecule has 8 heteroatoms.